The molecule has 2 saturated heterocycles. The fraction of sp³-hybridized carbons (Fsp3) is 0.181. The van der Waals surface area contributed by atoms with Gasteiger partial charge in [0.25, 0.3) is 0 Å². The average Bonchev–Trinajstić information content (AvgIpc) is 0.755. The Labute approximate surface area is 643 Å². The molecule has 2 fully saturated rings. The zero-order valence-corrected chi connectivity index (χ0v) is 60.7. The van der Waals surface area contributed by atoms with Gasteiger partial charge in [0.05, 0.1) is 38.9 Å². The first-order valence-corrected chi connectivity index (χ1v) is 37.2. The van der Waals surface area contributed by atoms with Crippen LogP contribution in [0.3, 0.4) is 0 Å². The molecule has 2 aliphatic heterocycles. The van der Waals surface area contributed by atoms with E-state index in [1.165, 1.54) is 0 Å². The number of hydrogen-bond donors (Lipinski definition) is 0. The maximum atomic E-state index is 15.7. The topological polar surface area (TPSA) is 221 Å². The van der Waals surface area contributed by atoms with Gasteiger partial charge in [0.1, 0.15) is 31.5 Å². The number of rotatable bonds is 23. The summed E-state index contributed by atoms with van der Waals surface area (Å²) in [5, 5.41) is 10.5. The van der Waals surface area contributed by atoms with Crippen molar-refractivity contribution in [3.05, 3.63) is 336 Å². The number of ether oxygens (including phenoxy) is 11. The molecule has 0 saturated carbocycles. The van der Waals surface area contributed by atoms with Crippen LogP contribution in [0, 0.1) is 0 Å². The molecule has 10 atom stereocenters. The third-order valence-corrected chi connectivity index (χ3v) is 20.4. The van der Waals surface area contributed by atoms with E-state index < -0.39 is 116 Å². The summed E-state index contributed by atoms with van der Waals surface area (Å²) in [4.78, 5) is 107. The summed E-state index contributed by atoms with van der Waals surface area (Å²) in [6.07, 6.45) is -16.8. The molecule has 16 rings (SSSR count). The number of carbonyl (C=O) groups excluding carboxylic acids is 7. The molecule has 2 heterocycles. The Bertz CT molecular complexity index is 5920. The molecule has 0 spiro atoms. The maximum absolute atomic E-state index is 15.7. The summed E-state index contributed by atoms with van der Waals surface area (Å²) in [7, 11) is 0. The quantitative estimate of drug-likeness (QED) is 0.0330. The summed E-state index contributed by atoms with van der Waals surface area (Å²) < 4.78 is 74.7. The highest BCUT2D eigenvalue weighted by atomic mass is 16.8. The number of esters is 7. The molecule has 18 heteroatoms. The molecule has 112 heavy (non-hydrogen) atoms. The Hall–Kier alpha value is -13.0. The summed E-state index contributed by atoms with van der Waals surface area (Å²) in [6.45, 7) is 0.532. The highest BCUT2D eigenvalue weighted by Crippen LogP contribution is 2.39. The minimum Gasteiger partial charge on any atom is -0.459 e. The van der Waals surface area contributed by atoms with Crippen molar-refractivity contribution < 1.29 is 85.7 Å². The van der Waals surface area contributed by atoms with Gasteiger partial charge >= 0.3 is 41.8 Å². The van der Waals surface area contributed by atoms with Crippen LogP contribution in [0.4, 0.5) is 0 Å². The van der Waals surface area contributed by atoms with E-state index in [2.05, 4.69) is 0 Å². The van der Waals surface area contributed by atoms with Crippen molar-refractivity contribution in [1.82, 2.24) is 0 Å². The standard InChI is InChI=1S/C94H74O18/c1-2-3-18-47-102-93-84(110-91(100)76-45-38-62-24-9-16-31-69(62)53-76)83(109-90(99)75-44-37-61-23-8-15-30-68(61)52-75)81(79(105-93)56-104-87(96)72-41-34-58-20-5-12-27-65(58)49-72)112-94-85(111-92(101)77-46-39-63-25-10-17-32-70(63)54-77)82(108-89(98)74-43-36-60-22-7-14-29-67(60)51-74)80(107-88(97)73-42-35-59-21-6-13-28-66(59)50-73)78(106-94)55-103-86(95)71-40-33-57-19-4-11-26-64(57)48-71/h4-17,19-46,48-54,78-85,93-94H,2-3,18,47,55-56H2,1H3/t78-,79-,80+,81-,82+,83+,84-,85-,93-,94+/m1/s1. The maximum Gasteiger partial charge on any atom is 0.338 e. The summed E-state index contributed by atoms with van der Waals surface area (Å²) in [5.41, 5.74) is 0.462. The lowest BCUT2D eigenvalue weighted by Gasteiger charge is -2.48. The number of hydrogen-bond acceptors (Lipinski definition) is 18. The van der Waals surface area contributed by atoms with Crippen LogP contribution in [0.15, 0.2) is 297 Å². The molecule has 2 aliphatic rings. The smallest absolute Gasteiger partial charge is 0.338 e. The molecule has 0 aliphatic carbocycles. The molecule has 0 aromatic heterocycles. The van der Waals surface area contributed by atoms with Crippen LogP contribution < -0.4 is 0 Å². The molecule has 0 amide bonds. The van der Waals surface area contributed by atoms with Gasteiger partial charge in [-0.2, -0.15) is 0 Å². The van der Waals surface area contributed by atoms with Gasteiger partial charge in [0.2, 0.25) is 0 Å². The Morgan fingerprint density at radius 3 is 0.804 bits per heavy atom. The van der Waals surface area contributed by atoms with Gasteiger partial charge in [-0.25, -0.2) is 33.6 Å². The van der Waals surface area contributed by atoms with Gasteiger partial charge in [-0.05, 0) is 167 Å². The van der Waals surface area contributed by atoms with E-state index in [0.717, 1.165) is 54.9 Å². The Balaban J connectivity index is 0.874. The van der Waals surface area contributed by atoms with Gasteiger partial charge in [0, 0.05) is 6.61 Å². The molecule has 0 radical (unpaired) electrons. The number of carbonyl (C=O) groups is 7. The first kappa shape index (κ1) is 73.2. The second kappa shape index (κ2) is 33.1. The van der Waals surface area contributed by atoms with E-state index in [-0.39, 0.29) is 45.6 Å². The lowest BCUT2D eigenvalue weighted by Crippen LogP contribution is -2.67. The van der Waals surface area contributed by atoms with Crippen LogP contribution in [0.5, 0.6) is 0 Å². The van der Waals surface area contributed by atoms with Crippen molar-refractivity contribution in [3.63, 3.8) is 0 Å². The minimum absolute atomic E-state index is 0.00129. The minimum atomic E-state index is -2.15. The van der Waals surface area contributed by atoms with E-state index in [0.29, 0.717) is 39.8 Å². The van der Waals surface area contributed by atoms with Crippen molar-refractivity contribution in [2.75, 3.05) is 19.8 Å². The van der Waals surface area contributed by atoms with Crippen molar-refractivity contribution in [2.24, 2.45) is 0 Å². The molecule has 14 aromatic rings. The van der Waals surface area contributed by atoms with E-state index in [9.17, 15) is 9.59 Å². The number of unbranched alkanes of at least 4 members (excludes halogenated alkanes) is 2. The van der Waals surface area contributed by atoms with Crippen LogP contribution in [0.1, 0.15) is 98.7 Å². The Kier molecular flexibility index (Phi) is 21.6. The fourth-order valence-corrected chi connectivity index (χ4v) is 14.5. The Morgan fingerprint density at radius 2 is 0.500 bits per heavy atom. The van der Waals surface area contributed by atoms with Gasteiger partial charge in [-0.1, -0.05) is 232 Å². The predicted octanol–water partition coefficient (Wildman–Crippen LogP) is 17.9. The Morgan fingerprint density at radius 1 is 0.259 bits per heavy atom. The lowest BCUT2D eigenvalue weighted by molar-refractivity contribution is -0.356. The molecule has 0 N–H and O–H groups in total. The third-order valence-electron chi connectivity index (χ3n) is 20.4. The van der Waals surface area contributed by atoms with Gasteiger partial charge < -0.3 is 52.1 Å². The highest BCUT2D eigenvalue weighted by Gasteiger charge is 2.59. The molecule has 558 valence electrons. The molecule has 14 aromatic carbocycles. The van der Waals surface area contributed by atoms with E-state index in [4.69, 9.17) is 52.1 Å². The molecule has 0 unspecified atom stereocenters. The fourth-order valence-electron chi connectivity index (χ4n) is 14.5. The SMILES string of the molecule is CCCCCO[C@@H]1O[C@H](COC(=O)c2ccc3ccccc3c2)[C@@H](O[C@@H]2O[C@H](COC(=O)c3ccc4ccccc4c3)[C@H](OC(=O)c3ccc4ccccc4c3)[C@H](OC(=O)c3ccc4ccccc4c3)[C@H]2OC(=O)c2ccc3ccccc3c2)[C@H](OC(=O)c2ccc3ccccc3c2)[C@H]1OC(=O)c1ccc2ccccc2c1. The van der Waals surface area contributed by atoms with Crippen LogP contribution in [0.25, 0.3) is 75.4 Å². The first-order chi connectivity index (χ1) is 54.8. The number of fused-ring (bicyclic) bond motifs is 7. The molecule has 18 nitrogen and oxygen atoms in total. The van der Waals surface area contributed by atoms with Crippen LogP contribution in [-0.2, 0) is 52.1 Å². The van der Waals surface area contributed by atoms with Crippen molar-refractivity contribution in [3.8, 4) is 0 Å². The monoisotopic (exact) mass is 1490 g/mol. The van der Waals surface area contributed by atoms with Gasteiger partial charge in [-0.15, -0.1) is 0 Å². The van der Waals surface area contributed by atoms with Crippen LogP contribution >= 0.6 is 0 Å². The first-order valence-electron chi connectivity index (χ1n) is 37.2. The van der Waals surface area contributed by atoms with Crippen LogP contribution in [0.2, 0.25) is 0 Å². The highest BCUT2D eigenvalue weighted by molar-refractivity contribution is 6.01. The van der Waals surface area contributed by atoms with Crippen molar-refractivity contribution >= 4 is 117 Å². The van der Waals surface area contributed by atoms with E-state index in [1.807, 2.05) is 159 Å². The number of benzene rings is 14. The van der Waals surface area contributed by atoms with Gasteiger partial charge in [-0.3, -0.25) is 0 Å². The van der Waals surface area contributed by atoms with E-state index in [1.54, 1.807) is 146 Å². The van der Waals surface area contributed by atoms with Crippen LogP contribution in [-0.4, -0.2) is 123 Å². The second-order valence-electron chi connectivity index (χ2n) is 27.7. The zero-order chi connectivity index (χ0) is 76.6. The molecule has 0 bridgehead atoms. The average molecular weight is 1490 g/mol. The largest absolute Gasteiger partial charge is 0.459 e. The summed E-state index contributed by atoms with van der Waals surface area (Å²) in [5.74, 6) is -6.53. The summed E-state index contributed by atoms with van der Waals surface area (Å²) >= 11 is 0. The second-order valence-corrected chi connectivity index (χ2v) is 27.7. The zero-order valence-electron chi connectivity index (χ0n) is 60.7. The molecular formula is C94H74O18. The van der Waals surface area contributed by atoms with Gasteiger partial charge in [0.15, 0.2) is 43.1 Å². The summed E-state index contributed by atoms with van der Waals surface area (Å²) in [6, 6.07) is 86.4. The van der Waals surface area contributed by atoms with Crippen molar-refractivity contribution in [2.45, 2.75) is 87.6 Å². The predicted molar refractivity (Wildman–Crippen MR) is 422 cm³/mol. The lowest BCUT2D eigenvalue weighted by atomic mass is 9.95. The normalized spacial score (nSPS) is 19.6. The third kappa shape index (κ3) is 16.2. The van der Waals surface area contributed by atoms with E-state index >= 15 is 24.0 Å². The molecular weight excluding hydrogens is 1420 g/mol. The van der Waals surface area contributed by atoms with Crippen molar-refractivity contribution in [1.29, 1.82) is 0 Å².